The van der Waals surface area contributed by atoms with Gasteiger partial charge in [0.05, 0.1) is 17.6 Å². The first-order valence-corrected chi connectivity index (χ1v) is 11.2. The minimum absolute atomic E-state index is 0.0296. The van der Waals surface area contributed by atoms with E-state index >= 15 is 0 Å². The normalized spacial score (nSPS) is 11.7. The summed E-state index contributed by atoms with van der Waals surface area (Å²) in [6.45, 7) is 3.46. The number of fused-ring (bicyclic) bond motifs is 1. The summed E-state index contributed by atoms with van der Waals surface area (Å²) in [4.78, 5) is 38.9. The van der Waals surface area contributed by atoms with Crippen molar-refractivity contribution in [2.45, 2.75) is 33.1 Å². The number of aromatic nitrogens is 2. The molecule has 0 unspecified atom stereocenters. The van der Waals surface area contributed by atoms with Crippen LogP contribution in [0, 0.1) is 13.8 Å². The van der Waals surface area contributed by atoms with Crippen molar-refractivity contribution < 1.29 is 18.0 Å². The van der Waals surface area contributed by atoms with Gasteiger partial charge in [0, 0.05) is 5.69 Å². The smallest absolute Gasteiger partial charge is 0.325 e. The molecule has 0 fully saturated rings. The van der Waals surface area contributed by atoms with Crippen molar-refractivity contribution in [3.8, 4) is 0 Å². The van der Waals surface area contributed by atoms with Gasteiger partial charge < -0.3 is 5.32 Å². The molecule has 0 radical (unpaired) electrons. The van der Waals surface area contributed by atoms with Gasteiger partial charge in [-0.1, -0.05) is 24.3 Å². The van der Waals surface area contributed by atoms with Crippen LogP contribution in [-0.2, 0) is 24.1 Å². The lowest BCUT2D eigenvalue weighted by molar-refractivity contribution is -0.137. The van der Waals surface area contributed by atoms with E-state index in [1.54, 1.807) is 11.4 Å². The minimum atomic E-state index is -4.55. The lowest BCUT2D eigenvalue weighted by atomic mass is 10.1. The molecule has 1 amide bonds. The van der Waals surface area contributed by atoms with E-state index in [-0.39, 0.29) is 12.2 Å². The lowest BCUT2D eigenvalue weighted by Gasteiger charge is -2.14. The SMILES string of the molecule is Cc1ccc(Cn2c(=O)c3sccc3n(CC(=O)Nc3cccc(C(F)(F)F)c3)c2=O)cc1C. The Bertz CT molecular complexity index is 1520. The molecule has 0 aliphatic carbocycles. The fourth-order valence-electron chi connectivity index (χ4n) is 3.63. The maximum atomic E-state index is 13.2. The molecule has 0 aliphatic rings. The molecular formula is C24H20F3N3O3S. The van der Waals surface area contributed by atoms with E-state index in [9.17, 15) is 27.6 Å². The molecule has 34 heavy (non-hydrogen) atoms. The van der Waals surface area contributed by atoms with Gasteiger partial charge in [0.15, 0.2) is 0 Å². The Labute approximate surface area is 195 Å². The molecule has 2 aromatic heterocycles. The predicted octanol–water partition coefficient (Wildman–Crippen LogP) is 4.55. The van der Waals surface area contributed by atoms with Gasteiger partial charge in [-0.2, -0.15) is 13.2 Å². The summed E-state index contributed by atoms with van der Waals surface area (Å²) < 4.78 is 41.4. The molecule has 6 nitrogen and oxygen atoms in total. The Hall–Kier alpha value is -3.66. The van der Waals surface area contributed by atoms with Crippen molar-refractivity contribution in [1.29, 1.82) is 0 Å². The number of carbonyl (C=O) groups is 1. The number of amides is 1. The standard InChI is InChI=1S/C24H20F3N3O3S/c1-14-6-7-16(10-15(14)2)12-30-22(32)21-19(8-9-34-21)29(23(30)33)13-20(31)28-18-5-3-4-17(11-18)24(25,26)27/h3-11H,12-13H2,1-2H3,(H,28,31). The molecule has 0 saturated carbocycles. The largest absolute Gasteiger partial charge is 0.416 e. The number of alkyl halides is 3. The highest BCUT2D eigenvalue weighted by Gasteiger charge is 2.30. The second-order valence-electron chi connectivity index (χ2n) is 7.94. The number of hydrogen-bond acceptors (Lipinski definition) is 4. The molecule has 0 aliphatic heterocycles. The van der Waals surface area contributed by atoms with Gasteiger partial charge in [0.25, 0.3) is 5.56 Å². The maximum Gasteiger partial charge on any atom is 0.416 e. The predicted molar refractivity (Wildman–Crippen MR) is 125 cm³/mol. The summed E-state index contributed by atoms with van der Waals surface area (Å²) in [5.41, 5.74) is 1.09. The molecule has 2 aromatic carbocycles. The molecule has 4 aromatic rings. The van der Waals surface area contributed by atoms with Crippen LogP contribution in [0.3, 0.4) is 0 Å². The zero-order chi connectivity index (χ0) is 24.6. The van der Waals surface area contributed by atoms with Crippen LogP contribution in [0.15, 0.2) is 63.5 Å². The quantitative estimate of drug-likeness (QED) is 0.449. The van der Waals surface area contributed by atoms with Crippen LogP contribution in [0.1, 0.15) is 22.3 Å². The van der Waals surface area contributed by atoms with Gasteiger partial charge in [-0.3, -0.25) is 18.7 Å². The monoisotopic (exact) mass is 487 g/mol. The molecule has 176 valence electrons. The lowest BCUT2D eigenvalue weighted by Crippen LogP contribution is -2.41. The summed E-state index contributed by atoms with van der Waals surface area (Å²) in [5.74, 6) is -0.690. The summed E-state index contributed by atoms with van der Waals surface area (Å²) in [6.07, 6.45) is -4.55. The highest BCUT2D eigenvalue weighted by molar-refractivity contribution is 7.17. The second kappa shape index (κ2) is 8.94. The fourth-order valence-corrected chi connectivity index (χ4v) is 4.47. The van der Waals surface area contributed by atoms with Crippen molar-refractivity contribution in [3.63, 3.8) is 0 Å². The van der Waals surface area contributed by atoms with Gasteiger partial charge in [0.1, 0.15) is 11.2 Å². The van der Waals surface area contributed by atoms with Gasteiger partial charge >= 0.3 is 11.9 Å². The number of carbonyl (C=O) groups excluding carboxylic acids is 1. The number of thiophene rings is 1. The van der Waals surface area contributed by atoms with E-state index in [1.807, 2.05) is 32.0 Å². The molecular weight excluding hydrogens is 467 g/mol. The van der Waals surface area contributed by atoms with E-state index in [0.29, 0.717) is 10.2 Å². The van der Waals surface area contributed by atoms with Crippen LogP contribution < -0.4 is 16.6 Å². The van der Waals surface area contributed by atoms with Crippen LogP contribution in [0.5, 0.6) is 0 Å². The summed E-state index contributed by atoms with van der Waals surface area (Å²) in [6, 6.07) is 11.4. The third kappa shape index (κ3) is 4.67. The number of nitrogens with zero attached hydrogens (tertiary/aromatic N) is 2. The minimum Gasteiger partial charge on any atom is -0.325 e. The van der Waals surface area contributed by atoms with E-state index in [2.05, 4.69) is 5.32 Å². The second-order valence-corrected chi connectivity index (χ2v) is 8.86. The molecule has 0 bridgehead atoms. The van der Waals surface area contributed by atoms with Crippen LogP contribution in [0.4, 0.5) is 18.9 Å². The fraction of sp³-hybridized carbons (Fsp3) is 0.208. The van der Waals surface area contributed by atoms with Gasteiger partial charge in [-0.05, 0) is 60.2 Å². The number of anilines is 1. The molecule has 10 heteroatoms. The van der Waals surface area contributed by atoms with E-state index in [1.165, 1.54) is 12.1 Å². The van der Waals surface area contributed by atoms with Crippen molar-refractivity contribution in [1.82, 2.24) is 9.13 Å². The molecule has 1 N–H and O–H groups in total. The van der Waals surface area contributed by atoms with E-state index < -0.39 is 35.4 Å². The van der Waals surface area contributed by atoms with Crippen molar-refractivity contribution in [2.75, 3.05) is 5.32 Å². The highest BCUT2D eigenvalue weighted by atomic mass is 32.1. The van der Waals surface area contributed by atoms with Crippen LogP contribution >= 0.6 is 11.3 Å². The Morgan fingerprint density at radius 2 is 1.76 bits per heavy atom. The molecule has 0 saturated heterocycles. The van der Waals surface area contributed by atoms with Crippen LogP contribution in [0.25, 0.3) is 10.2 Å². The Balaban J connectivity index is 1.68. The first-order valence-electron chi connectivity index (χ1n) is 10.3. The van der Waals surface area contributed by atoms with Crippen LogP contribution in [-0.4, -0.2) is 15.0 Å². The zero-order valence-electron chi connectivity index (χ0n) is 18.3. The number of nitrogens with one attached hydrogen (secondary N) is 1. The first kappa shape index (κ1) is 23.5. The van der Waals surface area contributed by atoms with Crippen molar-refractivity contribution in [3.05, 3.63) is 97.0 Å². The van der Waals surface area contributed by atoms with Crippen molar-refractivity contribution >= 4 is 33.1 Å². The molecule has 4 rings (SSSR count). The van der Waals surface area contributed by atoms with Crippen LogP contribution in [0.2, 0.25) is 0 Å². The molecule has 2 heterocycles. The topological polar surface area (TPSA) is 73.1 Å². The highest BCUT2D eigenvalue weighted by Crippen LogP contribution is 2.30. The number of benzene rings is 2. The summed E-state index contributed by atoms with van der Waals surface area (Å²) in [5, 5.41) is 4.05. The molecule has 0 atom stereocenters. The summed E-state index contributed by atoms with van der Waals surface area (Å²) in [7, 11) is 0. The van der Waals surface area contributed by atoms with E-state index in [4.69, 9.17) is 0 Å². The first-order chi connectivity index (χ1) is 16.0. The maximum absolute atomic E-state index is 13.2. The Kier molecular flexibility index (Phi) is 6.18. The van der Waals surface area contributed by atoms with Gasteiger partial charge in [-0.25, -0.2) is 4.79 Å². The van der Waals surface area contributed by atoms with Gasteiger partial charge in [0.2, 0.25) is 5.91 Å². The average molecular weight is 488 g/mol. The average Bonchev–Trinajstić information content (AvgIpc) is 3.26. The Morgan fingerprint density at radius 3 is 2.47 bits per heavy atom. The summed E-state index contributed by atoms with van der Waals surface area (Å²) >= 11 is 1.15. The number of aryl methyl sites for hydroxylation is 2. The number of hydrogen-bond donors (Lipinski definition) is 1. The number of halogens is 3. The zero-order valence-corrected chi connectivity index (χ0v) is 19.1. The third-order valence-electron chi connectivity index (χ3n) is 5.52. The van der Waals surface area contributed by atoms with Gasteiger partial charge in [-0.15, -0.1) is 11.3 Å². The number of rotatable bonds is 5. The third-order valence-corrected chi connectivity index (χ3v) is 6.42. The Morgan fingerprint density at radius 1 is 1.00 bits per heavy atom. The van der Waals surface area contributed by atoms with Crippen molar-refractivity contribution in [2.24, 2.45) is 0 Å². The molecule has 0 spiro atoms. The van der Waals surface area contributed by atoms with E-state index in [0.717, 1.165) is 49.3 Å².